The molecule has 0 saturated carbocycles. The van der Waals surface area contributed by atoms with E-state index >= 15 is 0 Å². The SMILES string of the molecule is Fc1ccc(-c2noc(C3CCCN(c4nc5ccccc5o4)C3)n2)cc1. The Labute approximate surface area is 154 Å². The van der Waals surface area contributed by atoms with Gasteiger partial charge < -0.3 is 13.8 Å². The van der Waals surface area contributed by atoms with Crippen LogP contribution >= 0.6 is 0 Å². The van der Waals surface area contributed by atoms with E-state index in [1.165, 1.54) is 12.1 Å². The van der Waals surface area contributed by atoms with Crippen molar-refractivity contribution in [1.82, 2.24) is 15.1 Å². The minimum Gasteiger partial charge on any atom is -0.423 e. The molecule has 6 nitrogen and oxygen atoms in total. The van der Waals surface area contributed by atoms with Crippen molar-refractivity contribution >= 4 is 17.1 Å². The maximum absolute atomic E-state index is 13.1. The maximum Gasteiger partial charge on any atom is 0.298 e. The standard InChI is InChI=1S/C20H17FN4O2/c21-15-9-7-13(8-10-15)18-23-19(27-24-18)14-4-3-11-25(12-14)20-22-16-5-1-2-6-17(16)26-20/h1-2,5-10,14H,3-4,11-12H2. The highest BCUT2D eigenvalue weighted by molar-refractivity contribution is 5.74. The first-order chi connectivity index (χ1) is 13.3. The van der Waals surface area contributed by atoms with Gasteiger partial charge >= 0.3 is 0 Å². The highest BCUT2D eigenvalue weighted by Crippen LogP contribution is 2.31. The molecule has 2 aromatic carbocycles. The highest BCUT2D eigenvalue weighted by atomic mass is 19.1. The number of rotatable bonds is 3. The van der Waals surface area contributed by atoms with E-state index in [9.17, 15) is 4.39 Å². The lowest BCUT2D eigenvalue weighted by Gasteiger charge is -2.29. The fourth-order valence-electron chi connectivity index (χ4n) is 3.47. The lowest BCUT2D eigenvalue weighted by atomic mass is 9.98. The fourth-order valence-corrected chi connectivity index (χ4v) is 3.47. The zero-order chi connectivity index (χ0) is 18.2. The van der Waals surface area contributed by atoms with Gasteiger partial charge in [-0.15, -0.1) is 0 Å². The van der Waals surface area contributed by atoms with Crippen molar-refractivity contribution in [2.45, 2.75) is 18.8 Å². The summed E-state index contributed by atoms with van der Waals surface area (Å²) in [5, 5.41) is 4.06. The van der Waals surface area contributed by atoms with Gasteiger partial charge in [0, 0.05) is 18.7 Å². The number of piperidine rings is 1. The van der Waals surface area contributed by atoms with Crippen LogP contribution in [-0.2, 0) is 0 Å². The molecule has 27 heavy (non-hydrogen) atoms. The van der Waals surface area contributed by atoms with Crippen molar-refractivity contribution in [3.63, 3.8) is 0 Å². The summed E-state index contributed by atoms with van der Waals surface area (Å²) in [6.45, 7) is 1.58. The molecule has 0 bridgehead atoms. The molecule has 0 aliphatic carbocycles. The third-order valence-corrected chi connectivity index (χ3v) is 4.87. The summed E-state index contributed by atoms with van der Waals surface area (Å²) >= 11 is 0. The van der Waals surface area contributed by atoms with Gasteiger partial charge in [-0.25, -0.2) is 4.39 Å². The normalized spacial score (nSPS) is 17.5. The third-order valence-electron chi connectivity index (χ3n) is 4.87. The van der Waals surface area contributed by atoms with Gasteiger partial charge in [-0.3, -0.25) is 0 Å². The van der Waals surface area contributed by atoms with Crippen LogP contribution in [0.4, 0.5) is 10.4 Å². The smallest absolute Gasteiger partial charge is 0.298 e. The Kier molecular flexibility index (Phi) is 3.85. The largest absolute Gasteiger partial charge is 0.423 e. The van der Waals surface area contributed by atoms with Crippen LogP contribution < -0.4 is 4.90 Å². The Hall–Kier alpha value is -3.22. The quantitative estimate of drug-likeness (QED) is 0.537. The van der Waals surface area contributed by atoms with E-state index in [1.54, 1.807) is 12.1 Å². The predicted octanol–water partition coefficient (Wildman–Crippen LogP) is 4.40. The molecule has 7 heteroatoms. The molecule has 136 valence electrons. The number of fused-ring (bicyclic) bond motifs is 1. The summed E-state index contributed by atoms with van der Waals surface area (Å²) < 4.78 is 24.5. The molecule has 3 heterocycles. The minimum atomic E-state index is -0.288. The van der Waals surface area contributed by atoms with Crippen molar-refractivity contribution in [2.75, 3.05) is 18.0 Å². The van der Waals surface area contributed by atoms with Crippen LogP contribution in [0.3, 0.4) is 0 Å². The monoisotopic (exact) mass is 364 g/mol. The number of hydrogen-bond donors (Lipinski definition) is 0. The second-order valence-corrected chi connectivity index (χ2v) is 6.71. The van der Waals surface area contributed by atoms with E-state index < -0.39 is 0 Å². The van der Waals surface area contributed by atoms with Gasteiger partial charge in [-0.1, -0.05) is 17.3 Å². The van der Waals surface area contributed by atoms with E-state index in [0.29, 0.717) is 24.3 Å². The molecule has 1 aliphatic heterocycles. The number of aromatic nitrogens is 3. The van der Waals surface area contributed by atoms with E-state index in [-0.39, 0.29) is 11.7 Å². The lowest BCUT2D eigenvalue weighted by molar-refractivity contribution is 0.330. The third kappa shape index (κ3) is 3.05. The van der Waals surface area contributed by atoms with Crippen LogP contribution in [0.2, 0.25) is 0 Å². The molecule has 1 aliphatic rings. The van der Waals surface area contributed by atoms with Crippen LogP contribution in [0.15, 0.2) is 57.5 Å². The number of benzene rings is 2. The number of anilines is 1. The van der Waals surface area contributed by atoms with E-state index in [2.05, 4.69) is 20.0 Å². The average molecular weight is 364 g/mol. The van der Waals surface area contributed by atoms with Crippen LogP contribution in [0.25, 0.3) is 22.5 Å². The summed E-state index contributed by atoms with van der Waals surface area (Å²) in [5.41, 5.74) is 2.37. The van der Waals surface area contributed by atoms with Crippen molar-refractivity contribution in [3.05, 3.63) is 60.2 Å². The molecule has 0 spiro atoms. The molecular formula is C20H17FN4O2. The summed E-state index contributed by atoms with van der Waals surface area (Å²) in [7, 11) is 0. The number of halogens is 1. The van der Waals surface area contributed by atoms with Crippen molar-refractivity contribution in [1.29, 1.82) is 0 Å². The van der Waals surface area contributed by atoms with E-state index in [4.69, 9.17) is 8.94 Å². The summed E-state index contributed by atoms with van der Waals surface area (Å²) in [5.74, 6) is 0.887. The molecule has 1 fully saturated rings. The van der Waals surface area contributed by atoms with Crippen molar-refractivity contribution in [3.8, 4) is 11.4 Å². The first-order valence-electron chi connectivity index (χ1n) is 8.96. The van der Waals surface area contributed by atoms with Crippen LogP contribution in [0.1, 0.15) is 24.7 Å². The summed E-state index contributed by atoms with van der Waals surface area (Å²) in [6, 6.07) is 14.4. The summed E-state index contributed by atoms with van der Waals surface area (Å²) in [6.07, 6.45) is 1.94. The molecule has 4 aromatic rings. The van der Waals surface area contributed by atoms with Gasteiger partial charge in [-0.2, -0.15) is 9.97 Å². The minimum absolute atomic E-state index is 0.107. The van der Waals surface area contributed by atoms with Gasteiger partial charge in [0.15, 0.2) is 5.58 Å². The number of nitrogens with zero attached hydrogens (tertiary/aromatic N) is 4. The Morgan fingerprint density at radius 1 is 1.04 bits per heavy atom. The van der Waals surface area contributed by atoms with Gasteiger partial charge in [-0.05, 0) is 49.2 Å². The number of hydrogen-bond acceptors (Lipinski definition) is 6. The Balaban J connectivity index is 1.37. The second-order valence-electron chi connectivity index (χ2n) is 6.71. The van der Waals surface area contributed by atoms with E-state index in [0.717, 1.165) is 36.0 Å². The molecule has 0 N–H and O–H groups in total. The first kappa shape index (κ1) is 16.0. The molecule has 1 atom stereocenters. The Morgan fingerprint density at radius 3 is 2.74 bits per heavy atom. The number of oxazole rings is 1. The fraction of sp³-hybridized carbons (Fsp3) is 0.250. The maximum atomic E-state index is 13.1. The van der Waals surface area contributed by atoms with Gasteiger partial charge in [0.25, 0.3) is 6.01 Å². The predicted molar refractivity (Wildman–Crippen MR) is 97.9 cm³/mol. The lowest BCUT2D eigenvalue weighted by Crippen LogP contribution is -2.34. The molecule has 5 rings (SSSR count). The van der Waals surface area contributed by atoms with Gasteiger partial charge in [0.2, 0.25) is 11.7 Å². The highest BCUT2D eigenvalue weighted by Gasteiger charge is 2.28. The summed E-state index contributed by atoms with van der Waals surface area (Å²) in [4.78, 5) is 11.2. The molecule has 0 amide bonds. The zero-order valence-corrected chi connectivity index (χ0v) is 14.5. The van der Waals surface area contributed by atoms with Crippen LogP contribution in [0.5, 0.6) is 0 Å². The topological polar surface area (TPSA) is 68.2 Å². The van der Waals surface area contributed by atoms with Crippen LogP contribution in [0, 0.1) is 5.82 Å². The molecule has 0 radical (unpaired) electrons. The molecule has 2 aromatic heterocycles. The van der Waals surface area contributed by atoms with Crippen LogP contribution in [-0.4, -0.2) is 28.2 Å². The molecule has 1 unspecified atom stereocenters. The van der Waals surface area contributed by atoms with Crippen molar-refractivity contribution < 1.29 is 13.3 Å². The molecule has 1 saturated heterocycles. The Morgan fingerprint density at radius 2 is 1.89 bits per heavy atom. The number of para-hydroxylation sites is 2. The van der Waals surface area contributed by atoms with Gasteiger partial charge in [0.05, 0.1) is 5.92 Å². The first-order valence-corrected chi connectivity index (χ1v) is 8.96. The van der Waals surface area contributed by atoms with Crippen molar-refractivity contribution in [2.24, 2.45) is 0 Å². The Bertz CT molecular complexity index is 1040. The molecular weight excluding hydrogens is 347 g/mol. The second kappa shape index (κ2) is 6.50. The average Bonchev–Trinajstić information content (AvgIpc) is 3.36. The van der Waals surface area contributed by atoms with Gasteiger partial charge in [0.1, 0.15) is 11.3 Å². The zero-order valence-electron chi connectivity index (χ0n) is 14.5. The van der Waals surface area contributed by atoms with E-state index in [1.807, 2.05) is 24.3 Å².